The molecule has 0 aromatic heterocycles. The van der Waals surface area contributed by atoms with Crippen LogP contribution in [-0.2, 0) is 152 Å². The summed E-state index contributed by atoms with van der Waals surface area (Å²) in [5.41, 5.74) is 3.95. The summed E-state index contributed by atoms with van der Waals surface area (Å²) in [6, 6.07) is 58.0. The molecule has 0 saturated carbocycles. The van der Waals surface area contributed by atoms with E-state index in [9.17, 15) is 86.9 Å². The Balaban J connectivity index is 0. The van der Waals surface area contributed by atoms with E-state index >= 15 is 0 Å². The van der Waals surface area contributed by atoms with Crippen molar-refractivity contribution in [3.8, 4) is 0 Å². The second kappa shape index (κ2) is 73.1. The van der Waals surface area contributed by atoms with Crippen molar-refractivity contribution in [2.24, 2.45) is 34.5 Å². The highest BCUT2D eigenvalue weighted by molar-refractivity contribution is 9.09. The van der Waals surface area contributed by atoms with Gasteiger partial charge < -0.3 is 82.7 Å². The number of carboxylic acid groups (broad SMARTS) is 5. The van der Waals surface area contributed by atoms with Gasteiger partial charge in [0.25, 0.3) is 5.79 Å². The zero-order chi connectivity index (χ0) is 110. The molecule has 6 N–H and O–H groups in total. The molecule has 1 fully saturated rings. The van der Waals surface area contributed by atoms with Crippen LogP contribution >= 0.6 is 39.1 Å². The summed E-state index contributed by atoms with van der Waals surface area (Å²) in [4.78, 5) is 187. The quantitative estimate of drug-likeness (QED) is 0.00679. The van der Waals surface area contributed by atoms with Crippen molar-refractivity contribution in [2.75, 3.05) is 67.5 Å². The summed E-state index contributed by atoms with van der Waals surface area (Å²) in [6.07, 6.45) is 13.5. The van der Waals surface area contributed by atoms with Gasteiger partial charge in [0.2, 0.25) is 0 Å². The van der Waals surface area contributed by atoms with Gasteiger partial charge in [-0.25, -0.2) is 28.8 Å². The molecular weight excluding hydrogens is 2010 g/mol. The number of aliphatic hydroxyl groups excluding tert-OH is 1. The molecule has 2 unspecified atom stereocenters. The van der Waals surface area contributed by atoms with Crippen LogP contribution in [-0.4, -0.2) is 199 Å². The Morgan fingerprint density at radius 2 is 0.707 bits per heavy atom. The maximum atomic E-state index is 12.8. The van der Waals surface area contributed by atoms with Crippen LogP contribution in [0.15, 0.2) is 270 Å². The molecule has 147 heavy (non-hydrogen) atoms. The summed E-state index contributed by atoms with van der Waals surface area (Å²) >= 11 is 12.8. The molecule has 1 saturated heterocycles. The summed E-state index contributed by atoms with van der Waals surface area (Å²) in [5, 5.41) is 53.8. The average molecular weight is 2150 g/mol. The number of aliphatic hydroxyl groups is 1. The maximum Gasteiger partial charge on any atom is 1.00 e. The van der Waals surface area contributed by atoms with Crippen molar-refractivity contribution in [1.82, 2.24) is 0 Å². The van der Waals surface area contributed by atoms with Gasteiger partial charge in [-0.1, -0.05) is 187 Å². The largest absolute Gasteiger partial charge is 1.00 e. The predicted octanol–water partition coefficient (Wildman–Crippen LogP) is 19.1. The molecule has 0 bridgehead atoms. The van der Waals surface area contributed by atoms with E-state index in [2.05, 4.69) is 72.5 Å². The molecule has 36 heteroatoms. The number of esters is 11. The number of ether oxygens (including phenoxy) is 11. The van der Waals surface area contributed by atoms with Crippen molar-refractivity contribution < 1.29 is 161 Å². The lowest BCUT2D eigenvalue weighted by atomic mass is 9.77. The van der Waals surface area contributed by atoms with Crippen LogP contribution in [0.1, 0.15) is 187 Å². The first kappa shape index (κ1) is 132. The SMILES string of the molecule is C.C=CCCBr.C=CCCC(Cc1cccc(C(=O)O)c1)(C(=O)O)C(=O)O.C=CCCC(Cc1cccc(C(=O)O)c1)C(=O)O.C=CCCC(Cc1cccc(C(=O)OC)c1)(C(=O)OC)C(=O)OC.C=CCCC(Cc1cccc(C(=O)OCc2ccccc2)c1)C(=O)OCc1ccccc1.CO.COC(=O)c1cccc(CC(C(=O)OC)C(=O)OC)c1.COC(=O)c1cccc(CC2C(=O)OC(C)(C)OC2=O)c1.ClCCl.[H+]. The smallest absolute Gasteiger partial charge is 0.481 e. The van der Waals surface area contributed by atoms with Crippen LogP contribution in [0, 0.1) is 34.5 Å². The number of benzene rings is 8. The van der Waals surface area contributed by atoms with Crippen molar-refractivity contribution in [3.63, 3.8) is 0 Å². The number of cyclic esters (lactones) is 2. The van der Waals surface area contributed by atoms with E-state index in [4.69, 9.17) is 72.0 Å². The van der Waals surface area contributed by atoms with Crippen LogP contribution in [0.3, 0.4) is 0 Å². The molecule has 8 aromatic carbocycles. The van der Waals surface area contributed by atoms with Crippen molar-refractivity contribution in [1.29, 1.82) is 0 Å². The molecule has 0 radical (unpaired) electrons. The van der Waals surface area contributed by atoms with E-state index in [1.54, 1.807) is 115 Å². The molecule has 9 rings (SSSR count). The van der Waals surface area contributed by atoms with Gasteiger partial charge in [-0.2, -0.15) is 0 Å². The Bertz CT molecular complexity index is 5540. The lowest BCUT2D eigenvalue weighted by Gasteiger charge is -2.32. The third kappa shape index (κ3) is 48.0. The molecular formula is C111H132BrCl2O33+. The molecule has 0 spiro atoms. The number of carbonyl (C=O) groups is 16. The minimum absolute atomic E-state index is 0. The third-order valence-corrected chi connectivity index (χ3v) is 21.5. The maximum absolute atomic E-state index is 12.8. The standard InChI is InChI=1S/C28H28O4.C18H22O6.2C15H16O6.C14H16O6.C14H16O4.C4H7Br.CH2Cl2.CH4O.CH4/c1-2-3-16-25(27(29)31-20-22-11-6-4-7-12-22)18-24-15-10-17-26(19-24)28(30)32-21-23-13-8-5-9-14-23;1-5-6-10-18(16(20)23-3,17(21)24-4)12-13-8-7-9-14(11-13)15(19)22-2;1-15(2)20-13(17)11(14(18)21-15)8-9-5-4-6-10(7-9)12(16)19-3;1-2-3-7-15(13(18)19,14(20)21)9-10-5-4-6-11(8-10)12(16)17;1-18-12(15)10-6-4-5-9(7-10)8-11(13(16)19-2)14(17)20-3;1-2-3-6-11(13(15)16)8-10-5-4-7-12(9-10)14(17)18;1-2-3-4-5;2-1-3;1-2;/h2,4-15,17,19,25H,1,3,16,18,20-21H2;5,7-9,11H,1,6,10,12H2,2-4H3;4-7,11H,8H2,1-3H3;2,4-6,8H,1,3,7,9H2,(H,16,17)(H,18,19)(H,20,21);4-7,11H,8H2,1-3H3;2,4-5,7,9,11H,1,3,6,8H2,(H,15,16)(H,17,18);2H,1,3-4H2;1H2;2H,1H3;1H4/p+1. The first-order valence-electron chi connectivity index (χ1n) is 45.0. The van der Waals surface area contributed by atoms with E-state index in [0.717, 1.165) is 41.1 Å². The number of rotatable bonds is 44. The minimum Gasteiger partial charge on any atom is -0.481 e. The monoisotopic (exact) mass is 2140 g/mol. The first-order chi connectivity index (χ1) is 69.6. The van der Waals surface area contributed by atoms with E-state index in [1.165, 1.54) is 106 Å². The second-order valence-corrected chi connectivity index (χ2v) is 33.4. The highest BCUT2D eigenvalue weighted by Gasteiger charge is 2.49. The van der Waals surface area contributed by atoms with Crippen molar-refractivity contribution >= 4 is 135 Å². The fourth-order valence-electron chi connectivity index (χ4n) is 13.6. The van der Waals surface area contributed by atoms with Crippen LogP contribution in [0.5, 0.6) is 0 Å². The molecule has 1 heterocycles. The van der Waals surface area contributed by atoms with Gasteiger partial charge in [0.15, 0.2) is 22.7 Å². The fraction of sp³-hybridized carbons (Fsp3) is 0.333. The zero-order valence-electron chi connectivity index (χ0n) is 84.1. The zero-order valence-corrected chi connectivity index (χ0v) is 86.2. The Labute approximate surface area is 876 Å². The van der Waals surface area contributed by atoms with E-state index in [-0.39, 0.29) is 101 Å². The van der Waals surface area contributed by atoms with Crippen molar-refractivity contribution in [3.05, 3.63) is 347 Å². The molecule has 794 valence electrons. The molecule has 8 aromatic rings. The Morgan fingerprint density at radius 3 is 1.06 bits per heavy atom. The number of allylic oxidation sites excluding steroid dienone is 5. The predicted molar refractivity (Wildman–Crippen MR) is 556 cm³/mol. The molecule has 1 aliphatic rings. The van der Waals surface area contributed by atoms with Gasteiger partial charge in [-0.05, 0) is 214 Å². The van der Waals surface area contributed by atoms with Crippen LogP contribution in [0.25, 0.3) is 0 Å². The van der Waals surface area contributed by atoms with E-state index in [0.29, 0.717) is 89.5 Å². The Morgan fingerprint density at radius 1 is 0.395 bits per heavy atom. The topological polar surface area (TPSA) is 496 Å². The summed E-state index contributed by atoms with van der Waals surface area (Å²) in [6.45, 7) is 21.4. The molecule has 1 aliphatic heterocycles. The minimum atomic E-state index is -1.99. The van der Waals surface area contributed by atoms with Gasteiger partial charge in [0.1, 0.15) is 13.2 Å². The number of aliphatic carboxylic acids is 3. The van der Waals surface area contributed by atoms with Gasteiger partial charge >= 0.3 is 96.9 Å². The summed E-state index contributed by atoms with van der Waals surface area (Å²) < 4.78 is 53.9. The average Bonchev–Trinajstić information content (AvgIpc) is 0.937. The van der Waals surface area contributed by atoms with Gasteiger partial charge in [0, 0.05) is 26.3 Å². The Kier molecular flexibility index (Phi) is 65.7. The number of methoxy groups -OCH3 is 7. The number of aromatic carboxylic acids is 2. The van der Waals surface area contributed by atoms with E-state index in [1.807, 2.05) is 78.9 Å². The molecule has 33 nitrogen and oxygen atoms in total. The van der Waals surface area contributed by atoms with Gasteiger partial charge in [-0.15, -0.1) is 56.1 Å². The normalized spacial score (nSPS) is 11.5. The molecule has 0 aliphatic carbocycles. The number of halogens is 3. The number of carboxylic acids is 5. The lowest BCUT2D eigenvalue weighted by Crippen LogP contribution is -2.46. The third-order valence-electron chi connectivity index (χ3n) is 21.0. The van der Waals surface area contributed by atoms with Crippen molar-refractivity contribution in [2.45, 2.75) is 137 Å². The number of hydrogen-bond donors (Lipinski definition) is 6. The fourth-order valence-corrected chi connectivity index (χ4v) is 13.9. The van der Waals surface area contributed by atoms with Crippen LogP contribution in [0.2, 0.25) is 0 Å². The number of alkyl halides is 3. The summed E-state index contributed by atoms with van der Waals surface area (Å²) in [7, 11) is 9.68. The summed E-state index contributed by atoms with van der Waals surface area (Å²) in [5.74, 6) is -16.1. The van der Waals surface area contributed by atoms with E-state index < -0.39 is 118 Å². The number of hydrogen-bond acceptors (Lipinski definition) is 28. The second-order valence-electron chi connectivity index (χ2n) is 31.7. The van der Waals surface area contributed by atoms with Gasteiger partial charge in [0.05, 0.1) is 100 Å². The van der Waals surface area contributed by atoms with Crippen LogP contribution < -0.4 is 0 Å². The number of carbonyl (C=O) groups excluding carboxylic acids is 11. The van der Waals surface area contributed by atoms with Gasteiger partial charge in [-0.3, -0.25) is 47.9 Å². The highest BCUT2D eigenvalue weighted by Crippen LogP contribution is 2.35. The van der Waals surface area contributed by atoms with Crippen LogP contribution in [0.4, 0.5) is 0 Å². The first-order valence-corrected chi connectivity index (χ1v) is 47.2. The Hall–Kier alpha value is -15.0. The molecule has 0 amide bonds. The lowest BCUT2D eigenvalue weighted by molar-refractivity contribution is -0.240. The highest BCUT2D eigenvalue weighted by atomic mass is 79.9. The molecule has 2 atom stereocenters.